The number of hydrogen-bond donors (Lipinski definition) is 3. The van der Waals surface area contributed by atoms with Gasteiger partial charge in [-0.05, 0) is 36.9 Å². The molecule has 2 aliphatic heterocycles. The minimum absolute atomic E-state index is 0.0533. The van der Waals surface area contributed by atoms with E-state index in [9.17, 15) is 14.0 Å². The Kier molecular flexibility index (Phi) is 7.77. The largest absolute Gasteiger partial charge is 0.493 e. The van der Waals surface area contributed by atoms with E-state index in [1.807, 2.05) is 32.4 Å². The number of Topliss-reactive ketones (excluding diaryl/α,β-unsaturated/α-hetero) is 1. The lowest BCUT2D eigenvalue weighted by atomic mass is 9.99. The summed E-state index contributed by atoms with van der Waals surface area (Å²) in [6.45, 7) is 1.89. The van der Waals surface area contributed by atoms with Gasteiger partial charge in [0, 0.05) is 55.5 Å². The third kappa shape index (κ3) is 5.68. The van der Waals surface area contributed by atoms with Gasteiger partial charge >= 0.3 is 0 Å². The van der Waals surface area contributed by atoms with Crippen LogP contribution in [0, 0.1) is 11.7 Å². The monoisotopic (exact) mass is 502 g/mol. The highest BCUT2D eigenvalue weighted by atomic mass is 35.5. The first kappa shape index (κ1) is 24.8. The van der Waals surface area contributed by atoms with Gasteiger partial charge in [-0.3, -0.25) is 9.59 Å². The van der Waals surface area contributed by atoms with Crippen molar-refractivity contribution in [2.45, 2.75) is 0 Å². The number of carbonyl (C=O) groups excluding carboxylic acids is 2. The van der Waals surface area contributed by atoms with Crippen molar-refractivity contribution in [2.75, 3.05) is 58.8 Å². The van der Waals surface area contributed by atoms with Gasteiger partial charge in [-0.15, -0.1) is 0 Å². The molecule has 3 N–H and O–H groups in total. The molecule has 0 saturated carbocycles. The third-order valence-corrected chi connectivity index (χ3v) is 6.09. The van der Waals surface area contributed by atoms with E-state index in [2.05, 4.69) is 16.0 Å². The van der Waals surface area contributed by atoms with Crippen LogP contribution in [0.5, 0.6) is 11.5 Å². The zero-order valence-corrected chi connectivity index (χ0v) is 20.4. The molecule has 0 unspecified atom stereocenters. The van der Waals surface area contributed by atoms with Crippen molar-refractivity contribution in [3.8, 4) is 11.5 Å². The Bertz CT molecular complexity index is 1150. The Balaban J connectivity index is 1.38. The molecule has 35 heavy (non-hydrogen) atoms. The van der Waals surface area contributed by atoms with Crippen molar-refractivity contribution < 1.29 is 23.5 Å². The van der Waals surface area contributed by atoms with Gasteiger partial charge < -0.3 is 30.3 Å². The van der Waals surface area contributed by atoms with Crippen LogP contribution in [0.3, 0.4) is 0 Å². The molecule has 10 heteroatoms. The average molecular weight is 503 g/mol. The van der Waals surface area contributed by atoms with Crippen molar-refractivity contribution >= 4 is 34.6 Å². The second-order valence-electron chi connectivity index (χ2n) is 8.53. The number of ketones is 1. The lowest BCUT2D eigenvalue weighted by Gasteiger charge is -2.39. The number of likely N-dealkylation sites (tertiary alicyclic amines) is 1. The lowest BCUT2D eigenvalue weighted by Crippen LogP contribution is -2.52. The smallest absolute Gasteiger partial charge is 0.256 e. The molecule has 0 aliphatic carbocycles. The lowest BCUT2D eigenvalue weighted by molar-refractivity contribution is -0.119. The molecule has 1 amide bonds. The number of likely N-dealkylation sites (N-methyl/N-ethyl adjacent to an activating group) is 1. The molecule has 0 bridgehead atoms. The van der Waals surface area contributed by atoms with Crippen LogP contribution in [0.4, 0.5) is 10.1 Å². The fourth-order valence-corrected chi connectivity index (χ4v) is 4.24. The van der Waals surface area contributed by atoms with Crippen LogP contribution >= 0.6 is 11.6 Å². The molecule has 186 valence electrons. The zero-order valence-electron chi connectivity index (χ0n) is 19.6. The number of carbonyl (C=O) groups is 2. The van der Waals surface area contributed by atoms with Crippen molar-refractivity contribution in [3.63, 3.8) is 0 Å². The van der Waals surface area contributed by atoms with Crippen LogP contribution < -0.4 is 25.4 Å². The van der Waals surface area contributed by atoms with Crippen molar-refractivity contribution in [2.24, 2.45) is 5.92 Å². The number of amides is 1. The average Bonchev–Trinajstić information content (AvgIpc) is 2.99. The standard InChI is InChI=1S/C25H28ClFN4O4/c1-28-8-16(9-29-2)19-5-17(26)3-4-23(19)34-13-15-11-31(12-15)25(33)20-6-22-24(7-21(20)27)35-14-18(32)10-30-22/h3-8,15,28-30H,9-14H2,1-2H3/b16-8+. The van der Waals surface area contributed by atoms with E-state index in [1.54, 1.807) is 11.0 Å². The highest BCUT2D eigenvalue weighted by molar-refractivity contribution is 6.30. The number of hydrogen-bond acceptors (Lipinski definition) is 7. The molecule has 8 nitrogen and oxygen atoms in total. The molecule has 2 aliphatic rings. The molecule has 1 fully saturated rings. The molecule has 0 radical (unpaired) electrons. The third-order valence-electron chi connectivity index (χ3n) is 5.86. The molecule has 0 atom stereocenters. The number of anilines is 1. The summed E-state index contributed by atoms with van der Waals surface area (Å²) in [5.41, 5.74) is 2.26. The fourth-order valence-electron chi connectivity index (χ4n) is 4.07. The molecule has 2 aromatic carbocycles. The van der Waals surface area contributed by atoms with Gasteiger partial charge in [-0.2, -0.15) is 0 Å². The maximum Gasteiger partial charge on any atom is 0.256 e. The van der Waals surface area contributed by atoms with Gasteiger partial charge in [0.15, 0.2) is 5.78 Å². The predicted octanol–water partition coefficient (Wildman–Crippen LogP) is 2.78. The SMILES string of the molecule is CN/C=C(\CNC)c1cc(Cl)ccc1OCC1CN(C(=O)c2cc3c(cc2F)OCC(=O)CN3)C1. The highest BCUT2D eigenvalue weighted by Gasteiger charge is 2.34. The Morgan fingerprint density at radius 3 is 2.83 bits per heavy atom. The Morgan fingerprint density at radius 1 is 1.29 bits per heavy atom. The predicted molar refractivity (Wildman–Crippen MR) is 133 cm³/mol. The summed E-state index contributed by atoms with van der Waals surface area (Å²) >= 11 is 6.22. The van der Waals surface area contributed by atoms with Gasteiger partial charge in [0.2, 0.25) is 0 Å². The topological polar surface area (TPSA) is 91.9 Å². The Labute approximate surface area is 208 Å². The molecule has 1 saturated heterocycles. The van der Waals surface area contributed by atoms with E-state index >= 15 is 0 Å². The van der Waals surface area contributed by atoms with Gasteiger partial charge in [0.25, 0.3) is 5.91 Å². The minimum atomic E-state index is -0.677. The van der Waals surface area contributed by atoms with Crippen molar-refractivity contribution in [1.29, 1.82) is 0 Å². The van der Waals surface area contributed by atoms with E-state index in [4.69, 9.17) is 21.1 Å². The molecule has 0 aromatic heterocycles. The summed E-state index contributed by atoms with van der Waals surface area (Å²) < 4.78 is 26.1. The van der Waals surface area contributed by atoms with Gasteiger partial charge in [-0.1, -0.05) is 11.6 Å². The number of nitrogens with one attached hydrogen (secondary N) is 3. The Morgan fingerprint density at radius 2 is 2.09 bits per heavy atom. The van der Waals surface area contributed by atoms with Gasteiger partial charge in [0.1, 0.15) is 23.9 Å². The number of benzene rings is 2. The molecular formula is C25H28ClFN4O4. The summed E-state index contributed by atoms with van der Waals surface area (Å²) in [5.74, 6) is -0.185. The van der Waals surface area contributed by atoms with Crippen molar-refractivity contribution in [3.05, 3.63) is 58.5 Å². The van der Waals surface area contributed by atoms with Crippen LogP contribution in [0.15, 0.2) is 36.5 Å². The quantitative estimate of drug-likeness (QED) is 0.511. The summed E-state index contributed by atoms with van der Waals surface area (Å²) in [6.07, 6.45) is 1.89. The van der Waals surface area contributed by atoms with E-state index in [0.29, 0.717) is 42.7 Å². The second kappa shape index (κ2) is 11.0. The number of ether oxygens (including phenoxy) is 2. The Hall–Kier alpha value is -3.30. The fraction of sp³-hybridized carbons (Fsp3) is 0.360. The van der Waals surface area contributed by atoms with E-state index < -0.39 is 11.7 Å². The van der Waals surface area contributed by atoms with Gasteiger partial charge in [0.05, 0.1) is 24.4 Å². The molecule has 0 spiro atoms. The number of rotatable bonds is 8. The second-order valence-corrected chi connectivity index (χ2v) is 8.96. The summed E-state index contributed by atoms with van der Waals surface area (Å²) in [6, 6.07) is 8.04. The first-order chi connectivity index (χ1) is 16.9. The maximum absolute atomic E-state index is 14.6. The van der Waals surface area contributed by atoms with E-state index in [-0.39, 0.29) is 36.2 Å². The van der Waals surface area contributed by atoms with Crippen molar-refractivity contribution in [1.82, 2.24) is 15.5 Å². The maximum atomic E-state index is 14.6. The summed E-state index contributed by atoms with van der Waals surface area (Å²) in [7, 11) is 3.69. The van der Waals surface area contributed by atoms with E-state index in [1.165, 1.54) is 6.07 Å². The molecular weight excluding hydrogens is 475 g/mol. The summed E-state index contributed by atoms with van der Waals surface area (Å²) in [4.78, 5) is 26.1. The van der Waals surface area contributed by atoms with Gasteiger partial charge in [-0.25, -0.2) is 4.39 Å². The number of fused-ring (bicyclic) bond motifs is 1. The first-order valence-corrected chi connectivity index (χ1v) is 11.7. The number of halogens is 2. The van der Waals surface area contributed by atoms with Crippen LogP contribution in [0.25, 0.3) is 5.57 Å². The van der Waals surface area contributed by atoms with Crippen LogP contribution in [-0.2, 0) is 4.79 Å². The highest BCUT2D eigenvalue weighted by Crippen LogP contribution is 2.32. The molecule has 2 heterocycles. The number of nitrogens with zero attached hydrogens (tertiary/aromatic N) is 1. The zero-order chi connectivity index (χ0) is 24.9. The summed E-state index contributed by atoms with van der Waals surface area (Å²) in [5, 5.41) is 9.69. The first-order valence-electron chi connectivity index (χ1n) is 11.3. The normalized spacial score (nSPS) is 15.9. The molecule has 4 rings (SSSR count). The van der Waals surface area contributed by atoms with Crippen LogP contribution in [-0.4, -0.2) is 70.1 Å². The van der Waals surface area contributed by atoms with Crippen LogP contribution in [0.2, 0.25) is 5.02 Å². The van der Waals surface area contributed by atoms with Crippen LogP contribution in [0.1, 0.15) is 15.9 Å². The minimum Gasteiger partial charge on any atom is -0.493 e. The molecule has 2 aromatic rings. The van der Waals surface area contributed by atoms with E-state index in [0.717, 1.165) is 17.2 Å².